The number of hydrogen-bond acceptors (Lipinski definition) is 4. The molecular weight excluding hydrogens is 204 g/mol. The third kappa shape index (κ3) is 1.58. The third-order valence-electron chi connectivity index (χ3n) is 2.29. The number of anilines is 1. The van der Waals surface area contributed by atoms with Gasteiger partial charge in [0.1, 0.15) is 17.4 Å². The van der Waals surface area contributed by atoms with Crippen molar-refractivity contribution in [2.24, 2.45) is 12.0 Å². The van der Waals surface area contributed by atoms with Crippen molar-refractivity contribution in [1.29, 1.82) is 5.41 Å². The highest BCUT2D eigenvalue weighted by molar-refractivity contribution is 6.20. The van der Waals surface area contributed by atoms with Crippen molar-refractivity contribution >= 4 is 17.5 Å². The summed E-state index contributed by atoms with van der Waals surface area (Å²) in [6.07, 6.45) is 1.78. The fraction of sp³-hybridized carbons (Fsp3) is 0.300. The van der Waals surface area contributed by atoms with Gasteiger partial charge in [-0.1, -0.05) is 0 Å². The van der Waals surface area contributed by atoms with E-state index in [0.717, 1.165) is 11.1 Å². The Morgan fingerprint density at radius 2 is 2.19 bits per heavy atom. The molecule has 4 N–H and O–H groups in total. The van der Waals surface area contributed by atoms with Crippen molar-refractivity contribution in [3.8, 4) is 0 Å². The molecule has 6 heteroatoms. The van der Waals surface area contributed by atoms with Crippen LogP contribution in [0.4, 0.5) is 5.82 Å². The summed E-state index contributed by atoms with van der Waals surface area (Å²) in [6.45, 7) is 3.84. The van der Waals surface area contributed by atoms with Crippen LogP contribution in [0.15, 0.2) is 22.5 Å². The lowest BCUT2D eigenvalue weighted by Crippen LogP contribution is -2.24. The van der Waals surface area contributed by atoms with Gasteiger partial charge in [0.25, 0.3) is 0 Å². The van der Waals surface area contributed by atoms with Gasteiger partial charge < -0.3 is 11.1 Å². The minimum Gasteiger partial charge on any atom is -0.382 e. The van der Waals surface area contributed by atoms with Crippen molar-refractivity contribution in [3.63, 3.8) is 0 Å². The standard InChI is InChI=1S/C10H14N6/c1-5(2)7-9(12)14-10(13-7)6-4-16(3)15-8(6)11/h4H,1-3H3,(H2,11,15)(H2,12,13,14). The van der Waals surface area contributed by atoms with E-state index in [1.807, 2.05) is 13.8 Å². The number of amidine groups is 2. The SMILES string of the molecule is CC(C)=C1N=C(c2cn(C)nc2N)NC1=N. The van der Waals surface area contributed by atoms with Crippen LogP contribution in [0.25, 0.3) is 0 Å². The van der Waals surface area contributed by atoms with Gasteiger partial charge in [-0.2, -0.15) is 5.10 Å². The maximum Gasteiger partial charge on any atom is 0.156 e. The summed E-state index contributed by atoms with van der Waals surface area (Å²) in [7, 11) is 1.79. The van der Waals surface area contributed by atoms with Crippen LogP contribution >= 0.6 is 0 Å². The quantitative estimate of drug-likeness (QED) is 0.645. The topological polar surface area (TPSA) is 92.1 Å². The Labute approximate surface area is 93.4 Å². The maximum absolute atomic E-state index is 7.74. The molecule has 0 aliphatic carbocycles. The van der Waals surface area contributed by atoms with Crippen LogP contribution in [0.1, 0.15) is 19.4 Å². The largest absolute Gasteiger partial charge is 0.382 e. The lowest BCUT2D eigenvalue weighted by molar-refractivity contribution is 0.772. The van der Waals surface area contributed by atoms with Gasteiger partial charge in [0.2, 0.25) is 0 Å². The lowest BCUT2D eigenvalue weighted by Gasteiger charge is -1.98. The van der Waals surface area contributed by atoms with Gasteiger partial charge in [-0.3, -0.25) is 10.1 Å². The Morgan fingerprint density at radius 3 is 2.62 bits per heavy atom. The molecule has 1 aromatic rings. The number of aliphatic imine (C=N–C) groups is 1. The van der Waals surface area contributed by atoms with Gasteiger partial charge >= 0.3 is 0 Å². The second kappa shape index (κ2) is 3.48. The van der Waals surface area contributed by atoms with Gasteiger partial charge in [-0.05, 0) is 19.4 Å². The molecule has 2 heterocycles. The van der Waals surface area contributed by atoms with Crippen LogP contribution in [0.5, 0.6) is 0 Å². The van der Waals surface area contributed by atoms with Crippen molar-refractivity contribution in [2.45, 2.75) is 13.8 Å². The number of rotatable bonds is 1. The Balaban J connectivity index is 2.46. The molecule has 84 valence electrons. The molecule has 0 atom stereocenters. The monoisotopic (exact) mass is 218 g/mol. The molecule has 0 amide bonds. The molecule has 0 spiro atoms. The van der Waals surface area contributed by atoms with Gasteiger partial charge in [0.05, 0.1) is 5.56 Å². The summed E-state index contributed by atoms with van der Waals surface area (Å²) < 4.78 is 1.62. The zero-order valence-corrected chi connectivity index (χ0v) is 9.50. The lowest BCUT2D eigenvalue weighted by atomic mass is 10.2. The summed E-state index contributed by atoms with van der Waals surface area (Å²) >= 11 is 0. The number of hydrogen-bond donors (Lipinski definition) is 3. The van der Waals surface area contributed by atoms with Crippen molar-refractivity contribution in [2.75, 3.05) is 5.73 Å². The molecule has 0 bridgehead atoms. The molecule has 1 aromatic heterocycles. The highest BCUT2D eigenvalue weighted by Gasteiger charge is 2.21. The van der Waals surface area contributed by atoms with E-state index in [0.29, 0.717) is 23.2 Å². The minimum absolute atomic E-state index is 0.304. The van der Waals surface area contributed by atoms with Gasteiger partial charge in [-0.15, -0.1) is 0 Å². The molecular formula is C10H14N6. The minimum atomic E-state index is 0.304. The molecule has 0 radical (unpaired) electrons. The van der Waals surface area contributed by atoms with E-state index in [4.69, 9.17) is 11.1 Å². The molecule has 0 aromatic carbocycles. The predicted octanol–water partition coefficient (Wildman–Crippen LogP) is 0.623. The average molecular weight is 218 g/mol. The smallest absolute Gasteiger partial charge is 0.156 e. The van der Waals surface area contributed by atoms with Crippen molar-refractivity contribution in [3.05, 3.63) is 23.0 Å². The zero-order chi connectivity index (χ0) is 11.9. The summed E-state index contributed by atoms with van der Waals surface area (Å²) in [4.78, 5) is 4.34. The first-order chi connectivity index (χ1) is 7.49. The molecule has 6 nitrogen and oxygen atoms in total. The normalized spacial score (nSPS) is 15.1. The van der Waals surface area contributed by atoms with Crippen LogP contribution in [0.3, 0.4) is 0 Å². The molecule has 2 rings (SSSR count). The highest BCUT2D eigenvalue weighted by Crippen LogP contribution is 2.17. The van der Waals surface area contributed by atoms with Crippen LogP contribution < -0.4 is 11.1 Å². The molecule has 16 heavy (non-hydrogen) atoms. The second-order valence-corrected chi connectivity index (χ2v) is 3.91. The van der Waals surface area contributed by atoms with E-state index in [9.17, 15) is 0 Å². The summed E-state index contributed by atoms with van der Waals surface area (Å²) in [5, 5.41) is 14.7. The number of aromatic nitrogens is 2. The number of nitrogen functional groups attached to an aromatic ring is 1. The number of nitrogens with two attached hydrogens (primary N) is 1. The van der Waals surface area contributed by atoms with E-state index in [1.54, 1.807) is 17.9 Å². The first kappa shape index (κ1) is 10.4. The van der Waals surface area contributed by atoms with Crippen molar-refractivity contribution in [1.82, 2.24) is 15.1 Å². The van der Waals surface area contributed by atoms with Gasteiger partial charge in [0.15, 0.2) is 5.82 Å². The Kier molecular flexibility index (Phi) is 2.26. The summed E-state index contributed by atoms with van der Waals surface area (Å²) in [5.74, 6) is 1.31. The highest BCUT2D eigenvalue weighted by atomic mass is 15.3. The Bertz CT molecular complexity index is 515. The number of aryl methyl sites for hydroxylation is 1. The zero-order valence-electron chi connectivity index (χ0n) is 9.50. The molecule has 1 aliphatic heterocycles. The molecule has 0 fully saturated rings. The third-order valence-corrected chi connectivity index (χ3v) is 2.29. The van der Waals surface area contributed by atoms with E-state index in [2.05, 4.69) is 15.4 Å². The van der Waals surface area contributed by atoms with E-state index >= 15 is 0 Å². The number of nitrogens with zero attached hydrogens (tertiary/aromatic N) is 3. The molecule has 1 aliphatic rings. The fourth-order valence-corrected chi connectivity index (χ4v) is 1.55. The van der Waals surface area contributed by atoms with Crippen molar-refractivity contribution < 1.29 is 0 Å². The van der Waals surface area contributed by atoms with E-state index in [1.165, 1.54) is 0 Å². The fourth-order valence-electron chi connectivity index (χ4n) is 1.55. The van der Waals surface area contributed by atoms with E-state index < -0.39 is 0 Å². The van der Waals surface area contributed by atoms with Crippen LogP contribution in [0.2, 0.25) is 0 Å². The predicted molar refractivity (Wildman–Crippen MR) is 63.4 cm³/mol. The Morgan fingerprint density at radius 1 is 1.50 bits per heavy atom. The first-order valence-corrected chi connectivity index (χ1v) is 4.90. The molecule has 0 saturated carbocycles. The first-order valence-electron chi connectivity index (χ1n) is 4.90. The Hall–Kier alpha value is -2.11. The number of allylic oxidation sites excluding steroid dienone is 1. The summed E-state index contributed by atoms with van der Waals surface area (Å²) in [5.41, 5.74) is 8.13. The van der Waals surface area contributed by atoms with Crippen LogP contribution in [0, 0.1) is 5.41 Å². The van der Waals surface area contributed by atoms with Gasteiger partial charge in [-0.25, -0.2) is 4.99 Å². The second-order valence-electron chi connectivity index (χ2n) is 3.91. The summed E-state index contributed by atoms with van der Waals surface area (Å²) in [6, 6.07) is 0. The average Bonchev–Trinajstić information content (AvgIpc) is 2.69. The molecule has 0 saturated heterocycles. The maximum atomic E-state index is 7.74. The van der Waals surface area contributed by atoms with Crippen LogP contribution in [-0.2, 0) is 7.05 Å². The molecule has 0 unspecified atom stereocenters. The van der Waals surface area contributed by atoms with Crippen LogP contribution in [-0.4, -0.2) is 21.5 Å². The van der Waals surface area contributed by atoms with Gasteiger partial charge in [0, 0.05) is 13.2 Å². The number of nitrogens with one attached hydrogen (secondary N) is 2. The van der Waals surface area contributed by atoms with E-state index in [-0.39, 0.29) is 0 Å².